The molecule has 0 bridgehead atoms. The Kier molecular flexibility index (Phi) is 4.57. The summed E-state index contributed by atoms with van der Waals surface area (Å²) in [5.41, 5.74) is 1.17. The van der Waals surface area contributed by atoms with Crippen LogP contribution in [-0.4, -0.2) is 5.88 Å². The van der Waals surface area contributed by atoms with Crippen molar-refractivity contribution in [2.24, 2.45) is 0 Å². The van der Waals surface area contributed by atoms with Crippen LogP contribution in [0.4, 0.5) is 4.39 Å². The lowest BCUT2D eigenvalue weighted by atomic mass is 9.93. The summed E-state index contributed by atoms with van der Waals surface area (Å²) in [5.74, 6) is 0.827. The number of thiophene rings is 1. The Labute approximate surface area is 110 Å². The van der Waals surface area contributed by atoms with Gasteiger partial charge >= 0.3 is 0 Å². The van der Waals surface area contributed by atoms with Crippen molar-refractivity contribution in [2.45, 2.75) is 18.8 Å². The fourth-order valence-electron chi connectivity index (χ4n) is 1.94. The number of halogens is 2. The van der Waals surface area contributed by atoms with E-state index in [-0.39, 0.29) is 5.82 Å². The van der Waals surface area contributed by atoms with E-state index in [1.807, 2.05) is 12.1 Å². The van der Waals surface area contributed by atoms with Crippen LogP contribution in [-0.2, 0) is 0 Å². The summed E-state index contributed by atoms with van der Waals surface area (Å²) in [7, 11) is 0. The molecule has 1 atom stereocenters. The van der Waals surface area contributed by atoms with Crippen molar-refractivity contribution < 1.29 is 4.39 Å². The molecule has 1 heterocycles. The normalized spacial score (nSPS) is 12.6. The molecule has 17 heavy (non-hydrogen) atoms. The van der Waals surface area contributed by atoms with Crippen LogP contribution >= 0.6 is 22.9 Å². The molecule has 0 N–H and O–H groups in total. The van der Waals surface area contributed by atoms with Crippen LogP contribution < -0.4 is 0 Å². The molecule has 1 aromatic carbocycles. The van der Waals surface area contributed by atoms with Crippen molar-refractivity contribution in [3.05, 3.63) is 58.0 Å². The highest BCUT2D eigenvalue weighted by Crippen LogP contribution is 2.32. The van der Waals surface area contributed by atoms with Crippen LogP contribution in [0.25, 0.3) is 0 Å². The first-order valence-electron chi connectivity index (χ1n) is 5.66. The topological polar surface area (TPSA) is 0 Å². The maximum absolute atomic E-state index is 12.9. The fourth-order valence-corrected chi connectivity index (χ4v) is 2.98. The van der Waals surface area contributed by atoms with Crippen LogP contribution in [0.15, 0.2) is 41.8 Å². The first kappa shape index (κ1) is 12.6. The quantitative estimate of drug-likeness (QED) is 0.667. The molecule has 0 aliphatic carbocycles. The molecule has 0 radical (unpaired) electrons. The van der Waals surface area contributed by atoms with Crippen molar-refractivity contribution in [1.82, 2.24) is 0 Å². The highest BCUT2D eigenvalue weighted by atomic mass is 35.5. The molecule has 3 heteroatoms. The van der Waals surface area contributed by atoms with Gasteiger partial charge in [-0.3, -0.25) is 0 Å². The molecule has 0 spiro atoms. The zero-order valence-electron chi connectivity index (χ0n) is 9.40. The lowest BCUT2D eigenvalue weighted by Gasteiger charge is -2.15. The van der Waals surface area contributed by atoms with Crippen molar-refractivity contribution in [3.63, 3.8) is 0 Å². The second-order valence-corrected chi connectivity index (χ2v) is 5.31. The average molecular weight is 269 g/mol. The molecule has 90 valence electrons. The number of hydrogen-bond donors (Lipinski definition) is 0. The van der Waals surface area contributed by atoms with E-state index in [2.05, 4.69) is 17.5 Å². The lowest BCUT2D eigenvalue weighted by molar-refractivity contribution is 0.625. The van der Waals surface area contributed by atoms with Gasteiger partial charge in [0.15, 0.2) is 0 Å². The van der Waals surface area contributed by atoms with Gasteiger partial charge in [0.05, 0.1) is 0 Å². The van der Waals surface area contributed by atoms with Gasteiger partial charge in [0.1, 0.15) is 5.82 Å². The minimum Gasteiger partial charge on any atom is -0.207 e. The summed E-state index contributed by atoms with van der Waals surface area (Å²) < 4.78 is 12.9. The zero-order chi connectivity index (χ0) is 12.1. The molecule has 0 aliphatic heterocycles. The Balaban J connectivity index is 2.23. The van der Waals surface area contributed by atoms with E-state index in [4.69, 9.17) is 11.6 Å². The summed E-state index contributed by atoms with van der Waals surface area (Å²) in [4.78, 5) is 1.32. The predicted molar refractivity (Wildman–Crippen MR) is 72.5 cm³/mol. The van der Waals surface area contributed by atoms with Crippen LogP contribution in [0.3, 0.4) is 0 Å². The Hall–Kier alpha value is -0.860. The SMILES string of the molecule is Fc1ccc(C(CCCCl)c2cccs2)cc1. The Morgan fingerprint density at radius 3 is 2.53 bits per heavy atom. The monoisotopic (exact) mass is 268 g/mol. The molecule has 2 rings (SSSR count). The van der Waals surface area contributed by atoms with Crippen molar-refractivity contribution in [2.75, 3.05) is 5.88 Å². The minimum atomic E-state index is -0.184. The van der Waals surface area contributed by atoms with Gasteiger partial charge in [-0.05, 0) is 42.0 Å². The number of rotatable bonds is 5. The smallest absolute Gasteiger partial charge is 0.123 e. The molecule has 0 saturated heterocycles. The molecular weight excluding hydrogens is 255 g/mol. The summed E-state index contributed by atoms with van der Waals surface area (Å²) in [6.45, 7) is 0. The fraction of sp³-hybridized carbons (Fsp3) is 0.286. The molecule has 0 saturated carbocycles. The van der Waals surface area contributed by atoms with Crippen molar-refractivity contribution in [1.29, 1.82) is 0 Å². The van der Waals surface area contributed by atoms with E-state index in [0.717, 1.165) is 12.8 Å². The molecule has 2 aromatic rings. The first-order chi connectivity index (χ1) is 8.31. The summed E-state index contributed by atoms with van der Waals surface area (Å²) in [6, 6.07) is 11.0. The van der Waals surface area contributed by atoms with Gasteiger partial charge in [0, 0.05) is 16.7 Å². The molecule has 0 fully saturated rings. The maximum Gasteiger partial charge on any atom is 0.123 e. The summed E-state index contributed by atoms with van der Waals surface area (Å²) >= 11 is 7.51. The molecule has 1 unspecified atom stereocenters. The van der Waals surface area contributed by atoms with Crippen LogP contribution in [0, 0.1) is 5.82 Å². The highest BCUT2D eigenvalue weighted by molar-refractivity contribution is 7.10. The molecular formula is C14H14ClFS. The van der Waals surface area contributed by atoms with Gasteiger partial charge in [-0.2, -0.15) is 0 Å². The van der Waals surface area contributed by atoms with E-state index < -0.39 is 0 Å². The largest absolute Gasteiger partial charge is 0.207 e. The average Bonchev–Trinajstić information content (AvgIpc) is 2.85. The predicted octanol–water partition coefficient (Wildman–Crippen LogP) is 5.04. The van der Waals surface area contributed by atoms with Crippen LogP contribution in [0.5, 0.6) is 0 Å². The summed E-state index contributed by atoms with van der Waals surface area (Å²) in [5, 5.41) is 2.08. The Morgan fingerprint density at radius 2 is 1.94 bits per heavy atom. The van der Waals surface area contributed by atoms with Crippen molar-refractivity contribution in [3.8, 4) is 0 Å². The van der Waals surface area contributed by atoms with Gasteiger partial charge < -0.3 is 0 Å². The molecule has 0 nitrogen and oxygen atoms in total. The Bertz CT molecular complexity index is 436. The van der Waals surface area contributed by atoms with Gasteiger partial charge in [0.2, 0.25) is 0 Å². The second-order valence-electron chi connectivity index (χ2n) is 3.95. The molecule has 0 amide bonds. The number of hydrogen-bond acceptors (Lipinski definition) is 1. The lowest BCUT2D eigenvalue weighted by Crippen LogP contribution is -1.99. The summed E-state index contributed by atoms with van der Waals surface area (Å²) in [6.07, 6.45) is 1.98. The number of alkyl halides is 1. The van der Waals surface area contributed by atoms with Gasteiger partial charge in [-0.1, -0.05) is 18.2 Å². The molecule has 0 aliphatic rings. The van der Waals surface area contributed by atoms with Crippen LogP contribution in [0.2, 0.25) is 0 Å². The Morgan fingerprint density at radius 1 is 1.18 bits per heavy atom. The third kappa shape index (κ3) is 3.30. The second kappa shape index (κ2) is 6.18. The van der Waals surface area contributed by atoms with Crippen LogP contribution in [0.1, 0.15) is 29.2 Å². The van der Waals surface area contributed by atoms with Gasteiger partial charge in [0.25, 0.3) is 0 Å². The number of benzene rings is 1. The first-order valence-corrected chi connectivity index (χ1v) is 7.07. The molecule has 1 aromatic heterocycles. The third-order valence-corrected chi connectivity index (χ3v) is 4.04. The van der Waals surface area contributed by atoms with E-state index >= 15 is 0 Å². The van der Waals surface area contributed by atoms with Gasteiger partial charge in [-0.15, -0.1) is 22.9 Å². The van der Waals surface area contributed by atoms with E-state index in [1.165, 1.54) is 22.6 Å². The van der Waals surface area contributed by atoms with E-state index in [0.29, 0.717) is 11.8 Å². The van der Waals surface area contributed by atoms with Gasteiger partial charge in [-0.25, -0.2) is 4.39 Å². The minimum absolute atomic E-state index is 0.184. The zero-order valence-corrected chi connectivity index (χ0v) is 11.0. The highest BCUT2D eigenvalue weighted by Gasteiger charge is 2.14. The van der Waals surface area contributed by atoms with E-state index in [9.17, 15) is 4.39 Å². The van der Waals surface area contributed by atoms with Crippen molar-refractivity contribution >= 4 is 22.9 Å². The standard InChI is InChI=1S/C14H14ClFS/c15-9-1-3-13(14-4-2-10-17-14)11-5-7-12(16)8-6-11/h2,4-8,10,13H,1,3,9H2. The van der Waals surface area contributed by atoms with E-state index in [1.54, 1.807) is 11.3 Å². The maximum atomic E-state index is 12.9. The third-order valence-electron chi connectivity index (χ3n) is 2.79.